The number of likely N-dealkylation sites (tertiary alicyclic amines) is 1. The molecule has 1 aliphatic rings. The van der Waals surface area contributed by atoms with Gasteiger partial charge in [0.05, 0.1) is 5.56 Å². The Morgan fingerprint density at radius 2 is 1.78 bits per heavy atom. The lowest BCUT2D eigenvalue weighted by Gasteiger charge is -2.44. The lowest BCUT2D eigenvalue weighted by atomic mass is 9.83. The number of piperidine rings is 1. The van der Waals surface area contributed by atoms with E-state index >= 15 is 0 Å². The fourth-order valence-corrected chi connectivity index (χ4v) is 4.37. The molecule has 1 N–H and O–H groups in total. The van der Waals surface area contributed by atoms with Crippen molar-refractivity contribution in [2.24, 2.45) is 5.92 Å². The van der Waals surface area contributed by atoms with E-state index in [1.165, 1.54) is 12.1 Å². The van der Waals surface area contributed by atoms with Gasteiger partial charge in [0, 0.05) is 24.9 Å². The minimum atomic E-state index is -4.49. The number of carbonyl (C=O) groups is 1. The molecule has 3 nitrogen and oxygen atoms in total. The summed E-state index contributed by atoms with van der Waals surface area (Å²) in [6.07, 6.45) is -8.10. The topological polar surface area (TPSA) is 40.5 Å². The lowest BCUT2D eigenvalue weighted by molar-refractivity contribution is -0.141. The van der Waals surface area contributed by atoms with Crippen LogP contribution in [0.15, 0.2) is 36.4 Å². The van der Waals surface area contributed by atoms with Gasteiger partial charge >= 0.3 is 18.3 Å². The summed E-state index contributed by atoms with van der Waals surface area (Å²) in [5, 5.41) is 9.17. The van der Waals surface area contributed by atoms with Crippen LogP contribution in [-0.2, 0) is 11.0 Å². The van der Waals surface area contributed by atoms with Crippen molar-refractivity contribution in [2.45, 2.75) is 76.3 Å². The molecule has 1 saturated heterocycles. The number of hydrogen-bond donors (Lipinski definition) is 1. The van der Waals surface area contributed by atoms with Gasteiger partial charge in [-0.15, -0.1) is 6.58 Å². The minimum absolute atomic E-state index is 0.0794. The first-order chi connectivity index (χ1) is 14.8. The average molecular weight is 465 g/mol. The van der Waals surface area contributed by atoms with E-state index in [4.69, 9.17) is 5.11 Å². The number of hydrogen-bond acceptors (Lipinski definition) is 2. The molecule has 9 heteroatoms. The van der Waals surface area contributed by atoms with E-state index in [1.54, 1.807) is 6.92 Å². The minimum Gasteiger partial charge on any atom is -0.481 e. The molecule has 2 rings (SSSR count). The first-order valence-electron chi connectivity index (χ1n) is 10.6. The summed E-state index contributed by atoms with van der Waals surface area (Å²) >= 11 is 0. The Kier molecular flexibility index (Phi) is 8.79. The van der Waals surface area contributed by atoms with E-state index in [0.717, 1.165) is 17.7 Å². The number of nitrogens with zero attached hydrogens (tertiary/aromatic N) is 1. The van der Waals surface area contributed by atoms with Crippen LogP contribution in [0.1, 0.15) is 69.0 Å². The van der Waals surface area contributed by atoms with Gasteiger partial charge in [-0.2, -0.15) is 26.3 Å². The van der Waals surface area contributed by atoms with Crippen molar-refractivity contribution < 1.29 is 36.2 Å². The molecule has 0 saturated carbocycles. The fraction of sp³-hybridized carbons (Fsp3) is 0.609. The molecule has 0 bridgehead atoms. The summed E-state index contributed by atoms with van der Waals surface area (Å²) in [6, 6.07) is 3.75. The molecule has 3 atom stereocenters. The highest BCUT2D eigenvalue weighted by Crippen LogP contribution is 2.40. The molecule has 0 radical (unpaired) electrons. The Hall–Kier alpha value is -2.03. The maximum absolute atomic E-state index is 13.0. The van der Waals surface area contributed by atoms with Crippen molar-refractivity contribution in [2.75, 3.05) is 6.54 Å². The molecule has 2 unspecified atom stereocenters. The van der Waals surface area contributed by atoms with Crippen LogP contribution >= 0.6 is 0 Å². The molecule has 180 valence electrons. The predicted molar refractivity (Wildman–Crippen MR) is 109 cm³/mol. The van der Waals surface area contributed by atoms with E-state index in [1.807, 2.05) is 4.90 Å². The second-order valence-corrected chi connectivity index (χ2v) is 8.67. The van der Waals surface area contributed by atoms with Crippen LogP contribution in [0.25, 0.3) is 0 Å². The monoisotopic (exact) mass is 465 g/mol. The highest BCUT2D eigenvalue weighted by Gasteiger charge is 2.37. The number of carboxylic acid groups (broad SMARTS) is 1. The molecule has 0 aliphatic carbocycles. The number of allylic oxidation sites excluding steroid dienone is 1. The number of halogens is 6. The van der Waals surface area contributed by atoms with E-state index in [0.29, 0.717) is 37.8 Å². The van der Waals surface area contributed by atoms with Gasteiger partial charge in [0.25, 0.3) is 0 Å². The standard InChI is InChI=1S/C23H29F6NO2/c1-15(2)3-8-19(9-11-22(24,25)26)30-12-10-16(14-21(31)32)13-20(30)17-4-6-18(7-5-17)23(27,28)29/h4-7,16,19-20H,1,3,8-14H2,2H3,(H,31,32)/t16?,19-,20?/m1/s1. The van der Waals surface area contributed by atoms with Crippen LogP contribution < -0.4 is 0 Å². The van der Waals surface area contributed by atoms with Gasteiger partial charge in [0.2, 0.25) is 0 Å². The van der Waals surface area contributed by atoms with Crippen LogP contribution in [0, 0.1) is 5.92 Å². The molecule has 0 spiro atoms. The maximum atomic E-state index is 13.0. The SMILES string of the molecule is C=C(C)CC[C@H](CCC(F)(F)F)N1CCC(CC(=O)O)CC1c1ccc(C(F)(F)F)cc1. The van der Waals surface area contributed by atoms with Crippen LogP contribution in [0.4, 0.5) is 26.3 Å². The summed E-state index contributed by atoms with van der Waals surface area (Å²) < 4.78 is 77.8. The lowest BCUT2D eigenvalue weighted by Crippen LogP contribution is -2.44. The van der Waals surface area contributed by atoms with Gasteiger partial charge in [0.1, 0.15) is 0 Å². The summed E-state index contributed by atoms with van der Waals surface area (Å²) in [4.78, 5) is 13.1. The number of benzene rings is 1. The van der Waals surface area contributed by atoms with Crippen LogP contribution in [0.5, 0.6) is 0 Å². The fourth-order valence-electron chi connectivity index (χ4n) is 4.37. The molecule has 1 aromatic rings. The van der Waals surface area contributed by atoms with Gasteiger partial charge < -0.3 is 5.11 Å². The number of alkyl halides is 6. The second-order valence-electron chi connectivity index (χ2n) is 8.67. The van der Waals surface area contributed by atoms with Crippen molar-refractivity contribution in [1.82, 2.24) is 4.90 Å². The zero-order valence-corrected chi connectivity index (χ0v) is 18.0. The molecule has 1 aliphatic heterocycles. The Labute approximate surface area is 184 Å². The molecule has 1 heterocycles. The van der Waals surface area contributed by atoms with E-state index in [-0.39, 0.29) is 18.8 Å². The molecule has 0 amide bonds. The highest BCUT2D eigenvalue weighted by atomic mass is 19.4. The van der Waals surface area contributed by atoms with Crippen molar-refractivity contribution in [3.63, 3.8) is 0 Å². The number of rotatable bonds is 9. The molecule has 32 heavy (non-hydrogen) atoms. The zero-order valence-electron chi connectivity index (χ0n) is 18.0. The van der Waals surface area contributed by atoms with Crippen molar-refractivity contribution in [3.05, 3.63) is 47.5 Å². The summed E-state index contributed by atoms with van der Waals surface area (Å²) in [5.41, 5.74) is 0.593. The normalized spacial score (nSPS) is 21.3. The van der Waals surface area contributed by atoms with Crippen molar-refractivity contribution in [3.8, 4) is 0 Å². The van der Waals surface area contributed by atoms with Gasteiger partial charge in [-0.1, -0.05) is 17.7 Å². The Morgan fingerprint density at radius 3 is 2.28 bits per heavy atom. The molecule has 1 fully saturated rings. The Balaban J connectivity index is 2.33. The first-order valence-corrected chi connectivity index (χ1v) is 10.6. The summed E-state index contributed by atoms with van der Waals surface area (Å²) in [7, 11) is 0. The predicted octanol–water partition coefficient (Wildman–Crippen LogP) is 7.00. The second kappa shape index (κ2) is 10.7. The molecular formula is C23H29F6NO2. The van der Waals surface area contributed by atoms with Gasteiger partial charge in [-0.05, 0) is 69.2 Å². The maximum Gasteiger partial charge on any atom is 0.416 e. The Morgan fingerprint density at radius 1 is 1.16 bits per heavy atom. The average Bonchev–Trinajstić information content (AvgIpc) is 2.66. The summed E-state index contributed by atoms with van der Waals surface area (Å²) in [5.74, 6) is -1.16. The van der Waals surface area contributed by atoms with E-state index in [2.05, 4.69) is 6.58 Å². The number of carboxylic acids is 1. The third-order valence-corrected chi connectivity index (χ3v) is 5.97. The third-order valence-electron chi connectivity index (χ3n) is 5.97. The smallest absolute Gasteiger partial charge is 0.416 e. The quantitative estimate of drug-likeness (QED) is 0.315. The van der Waals surface area contributed by atoms with Crippen LogP contribution in [-0.4, -0.2) is 34.7 Å². The first kappa shape index (κ1) is 26.2. The van der Waals surface area contributed by atoms with Gasteiger partial charge in [-0.25, -0.2) is 0 Å². The van der Waals surface area contributed by atoms with Crippen LogP contribution in [0.3, 0.4) is 0 Å². The highest BCUT2D eigenvalue weighted by molar-refractivity contribution is 5.67. The van der Waals surface area contributed by atoms with Crippen molar-refractivity contribution >= 4 is 5.97 Å². The van der Waals surface area contributed by atoms with Crippen molar-refractivity contribution in [1.29, 1.82) is 0 Å². The van der Waals surface area contributed by atoms with Crippen LogP contribution in [0.2, 0.25) is 0 Å². The molecule has 1 aromatic carbocycles. The molecular weight excluding hydrogens is 436 g/mol. The summed E-state index contributed by atoms with van der Waals surface area (Å²) in [6.45, 7) is 6.01. The number of aliphatic carboxylic acids is 1. The third kappa shape index (κ3) is 8.15. The van der Waals surface area contributed by atoms with E-state index in [9.17, 15) is 31.1 Å². The van der Waals surface area contributed by atoms with Gasteiger partial charge in [0.15, 0.2) is 0 Å². The van der Waals surface area contributed by atoms with E-state index < -0.39 is 42.4 Å². The largest absolute Gasteiger partial charge is 0.481 e. The Bertz CT molecular complexity index is 772. The van der Waals surface area contributed by atoms with Gasteiger partial charge in [-0.3, -0.25) is 9.69 Å². The molecule has 0 aromatic heterocycles. The zero-order chi connectivity index (χ0) is 24.1.